The smallest absolute Gasteiger partial charge is 0.225 e. The molecule has 0 amide bonds. The highest BCUT2D eigenvalue weighted by atomic mass is 35.5. The minimum atomic E-state index is 0.314. The number of para-hydroxylation sites is 1. The van der Waals surface area contributed by atoms with Crippen molar-refractivity contribution in [1.82, 2.24) is 15.3 Å². The first kappa shape index (κ1) is 22.8. The van der Waals surface area contributed by atoms with Crippen LogP contribution in [-0.2, 0) is 0 Å². The van der Waals surface area contributed by atoms with Gasteiger partial charge >= 0.3 is 0 Å². The van der Waals surface area contributed by atoms with Gasteiger partial charge in [-0.15, -0.1) is 0 Å². The van der Waals surface area contributed by atoms with Crippen molar-refractivity contribution in [2.75, 3.05) is 29.6 Å². The van der Waals surface area contributed by atoms with E-state index in [1.54, 1.807) is 12.1 Å². The van der Waals surface area contributed by atoms with Crippen molar-refractivity contribution < 1.29 is 0 Å². The topological polar surface area (TPSA) is 65.1 Å². The number of nitrogens with zero attached hydrogens (tertiary/aromatic N) is 3. The van der Waals surface area contributed by atoms with Gasteiger partial charge in [-0.3, -0.25) is 0 Å². The van der Waals surface area contributed by atoms with Gasteiger partial charge in [0.05, 0.1) is 16.2 Å². The molecule has 4 rings (SSSR count). The monoisotopic (exact) mass is 488 g/mol. The molecule has 0 unspecified atom stereocenters. The van der Waals surface area contributed by atoms with E-state index in [0.717, 1.165) is 48.1 Å². The van der Waals surface area contributed by atoms with Crippen LogP contribution in [0.1, 0.15) is 25.7 Å². The molecule has 168 valence electrons. The van der Waals surface area contributed by atoms with E-state index in [-0.39, 0.29) is 0 Å². The molecule has 1 aliphatic rings. The third-order valence-electron chi connectivity index (χ3n) is 5.58. The lowest BCUT2D eigenvalue weighted by atomic mass is 9.91. The molecule has 32 heavy (non-hydrogen) atoms. The Labute approximate surface area is 203 Å². The summed E-state index contributed by atoms with van der Waals surface area (Å²) in [5.41, 5.74) is 1.69. The van der Waals surface area contributed by atoms with E-state index in [2.05, 4.69) is 22.0 Å². The summed E-state index contributed by atoms with van der Waals surface area (Å²) in [5.74, 6) is 1.60. The van der Waals surface area contributed by atoms with Gasteiger partial charge in [-0.05, 0) is 68.2 Å². The van der Waals surface area contributed by atoms with Gasteiger partial charge in [-0.25, -0.2) is 4.98 Å². The maximum absolute atomic E-state index is 6.22. The summed E-state index contributed by atoms with van der Waals surface area (Å²) < 4.78 is 0. The summed E-state index contributed by atoms with van der Waals surface area (Å²) >= 11 is 17.7. The summed E-state index contributed by atoms with van der Waals surface area (Å²) in [7, 11) is 4.01. The molecule has 2 aromatic carbocycles. The lowest BCUT2D eigenvalue weighted by Crippen LogP contribution is -2.42. The number of nitrogens with one attached hydrogen (secondary N) is 3. The van der Waals surface area contributed by atoms with Gasteiger partial charge in [0.15, 0.2) is 5.11 Å². The summed E-state index contributed by atoms with van der Waals surface area (Å²) in [4.78, 5) is 11.5. The fourth-order valence-corrected chi connectivity index (χ4v) is 4.70. The Morgan fingerprint density at radius 3 is 2.44 bits per heavy atom. The maximum atomic E-state index is 6.22. The molecule has 0 atom stereocenters. The number of benzene rings is 2. The van der Waals surface area contributed by atoms with Crippen LogP contribution < -0.4 is 20.9 Å². The van der Waals surface area contributed by atoms with Crippen LogP contribution in [0, 0.1) is 0 Å². The van der Waals surface area contributed by atoms with E-state index in [4.69, 9.17) is 45.4 Å². The molecule has 3 N–H and O–H groups in total. The Morgan fingerprint density at radius 2 is 1.72 bits per heavy atom. The van der Waals surface area contributed by atoms with E-state index in [0.29, 0.717) is 33.2 Å². The van der Waals surface area contributed by atoms with Crippen LogP contribution in [0.15, 0.2) is 42.5 Å². The number of thiocarbonyl (C=S) groups is 1. The van der Waals surface area contributed by atoms with Crippen molar-refractivity contribution in [3.05, 3.63) is 52.5 Å². The zero-order valence-corrected chi connectivity index (χ0v) is 20.4. The predicted octanol–water partition coefficient (Wildman–Crippen LogP) is 5.71. The van der Waals surface area contributed by atoms with Crippen molar-refractivity contribution in [3.8, 4) is 0 Å². The minimum Gasteiger partial charge on any atom is -0.362 e. The molecule has 0 aliphatic heterocycles. The number of anilines is 3. The molecule has 3 aromatic rings. The molecule has 1 aliphatic carbocycles. The van der Waals surface area contributed by atoms with Crippen molar-refractivity contribution >= 4 is 68.9 Å². The van der Waals surface area contributed by atoms with E-state index in [1.807, 2.05) is 43.3 Å². The predicted molar refractivity (Wildman–Crippen MR) is 139 cm³/mol. The number of aromatic nitrogens is 2. The van der Waals surface area contributed by atoms with Crippen molar-refractivity contribution in [3.63, 3.8) is 0 Å². The normalized spacial score (nSPS) is 18.2. The van der Waals surface area contributed by atoms with Crippen molar-refractivity contribution in [2.45, 2.75) is 37.8 Å². The number of hydrogen-bond acceptors (Lipinski definition) is 5. The van der Waals surface area contributed by atoms with Gasteiger partial charge in [-0.1, -0.05) is 35.3 Å². The van der Waals surface area contributed by atoms with Crippen LogP contribution in [0.2, 0.25) is 10.0 Å². The van der Waals surface area contributed by atoms with Crippen LogP contribution in [0.4, 0.5) is 17.5 Å². The molecular formula is C23H26Cl2N6S. The standard InChI is InChI=1S/C23H26Cl2N6S/c1-31(2)21-17-5-3-4-6-19(17)28-22(30-21)26-15-8-10-16(11-9-15)27-23(32)29-20-12-7-14(24)13-18(20)25/h3-7,12-13,15-16H,8-11H2,1-2H3,(H,26,28,30)(H2,27,29,32). The largest absolute Gasteiger partial charge is 0.362 e. The highest BCUT2D eigenvalue weighted by Crippen LogP contribution is 2.27. The molecule has 6 nitrogen and oxygen atoms in total. The number of rotatable bonds is 5. The van der Waals surface area contributed by atoms with Crippen LogP contribution >= 0.6 is 35.4 Å². The minimum absolute atomic E-state index is 0.314. The molecule has 1 heterocycles. The Balaban J connectivity index is 1.32. The van der Waals surface area contributed by atoms with E-state index >= 15 is 0 Å². The Hall–Kier alpha value is -2.35. The summed E-state index contributed by atoms with van der Waals surface area (Å²) in [5, 5.41) is 12.9. The molecule has 1 fully saturated rings. The molecule has 9 heteroatoms. The SMILES string of the molecule is CN(C)c1nc(NC2CCC(NC(=S)Nc3ccc(Cl)cc3Cl)CC2)nc2ccccc12. The average molecular weight is 489 g/mol. The molecular weight excluding hydrogens is 463 g/mol. The highest BCUT2D eigenvalue weighted by molar-refractivity contribution is 7.80. The molecule has 1 aromatic heterocycles. The van der Waals surface area contributed by atoms with Crippen LogP contribution in [-0.4, -0.2) is 41.3 Å². The zero-order valence-electron chi connectivity index (χ0n) is 18.0. The van der Waals surface area contributed by atoms with E-state index < -0.39 is 0 Å². The summed E-state index contributed by atoms with van der Waals surface area (Å²) in [6.45, 7) is 0. The average Bonchev–Trinajstić information content (AvgIpc) is 2.76. The van der Waals surface area contributed by atoms with Gasteiger partial charge < -0.3 is 20.9 Å². The lowest BCUT2D eigenvalue weighted by molar-refractivity contribution is 0.387. The Morgan fingerprint density at radius 1 is 1.00 bits per heavy atom. The first-order valence-electron chi connectivity index (χ1n) is 10.6. The highest BCUT2D eigenvalue weighted by Gasteiger charge is 2.23. The van der Waals surface area contributed by atoms with Crippen LogP contribution in [0.3, 0.4) is 0 Å². The fourth-order valence-electron chi connectivity index (χ4n) is 3.96. The first-order valence-corrected chi connectivity index (χ1v) is 11.8. The lowest BCUT2D eigenvalue weighted by Gasteiger charge is -2.30. The zero-order chi connectivity index (χ0) is 22.7. The maximum Gasteiger partial charge on any atom is 0.225 e. The second-order valence-corrected chi connectivity index (χ2v) is 9.45. The van der Waals surface area contributed by atoms with Gasteiger partial charge in [0, 0.05) is 36.6 Å². The molecule has 0 saturated heterocycles. The number of hydrogen-bond donors (Lipinski definition) is 3. The van der Waals surface area contributed by atoms with Crippen LogP contribution in [0.25, 0.3) is 10.9 Å². The third kappa shape index (κ3) is 5.52. The van der Waals surface area contributed by atoms with Gasteiger partial charge in [0.2, 0.25) is 5.95 Å². The molecule has 1 saturated carbocycles. The molecule has 0 spiro atoms. The van der Waals surface area contributed by atoms with E-state index in [1.165, 1.54) is 0 Å². The quantitative estimate of drug-likeness (QED) is 0.397. The Bertz CT molecular complexity index is 1110. The number of halogens is 2. The fraction of sp³-hybridized carbons (Fsp3) is 0.348. The van der Waals surface area contributed by atoms with Crippen molar-refractivity contribution in [2.24, 2.45) is 0 Å². The van der Waals surface area contributed by atoms with Gasteiger partial charge in [0.25, 0.3) is 0 Å². The van der Waals surface area contributed by atoms with Crippen LogP contribution in [0.5, 0.6) is 0 Å². The van der Waals surface area contributed by atoms with Gasteiger partial charge in [-0.2, -0.15) is 4.98 Å². The second-order valence-electron chi connectivity index (χ2n) is 8.20. The summed E-state index contributed by atoms with van der Waals surface area (Å²) in [6.07, 6.45) is 4.02. The molecule has 0 bridgehead atoms. The van der Waals surface area contributed by atoms with E-state index in [9.17, 15) is 0 Å². The molecule has 0 radical (unpaired) electrons. The van der Waals surface area contributed by atoms with Crippen molar-refractivity contribution in [1.29, 1.82) is 0 Å². The Kier molecular flexibility index (Phi) is 7.18. The third-order valence-corrected chi connectivity index (χ3v) is 6.35. The van der Waals surface area contributed by atoms with Gasteiger partial charge in [0.1, 0.15) is 5.82 Å². The second kappa shape index (κ2) is 10.1. The number of fused-ring (bicyclic) bond motifs is 1. The first-order chi connectivity index (χ1) is 15.4. The summed E-state index contributed by atoms with van der Waals surface area (Å²) in [6, 6.07) is 14.0.